The summed E-state index contributed by atoms with van der Waals surface area (Å²) >= 11 is 1.33. The van der Waals surface area contributed by atoms with Gasteiger partial charge in [-0.05, 0) is 22.9 Å². The number of aromatic hydroxyl groups is 2. The maximum Gasteiger partial charge on any atom is 2.00 e. The molecule has 0 saturated carbocycles. The summed E-state index contributed by atoms with van der Waals surface area (Å²) in [5, 5.41) is 18.2. The van der Waals surface area contributed by atoms with Crippen LogP contribution in [0.25, 0.3) is 0 Å². The molecule has 11 heteroatoms. The Kier molecular flexibility index (Phi) is 13.7. The molecule has 2 N–H and O–H groups in total. The predicted octanol–water partition coefficient (Wildman–Crippen LogP) is 7.55. The summed E-state index contributed by atoms with van der Waals surface area (Å²) in [5.74, 6) is 0. The molecule has 0 aliphatic heterocycles. The van der Waals surface area contributed by atoms with E-state index in [9.17, 15) is 26.3 Å². The van der Waals surface area contributed by atoms with Crippen LogP contribution in [0, 0.1) is 12.2 Å². The predicted molar refractivity (Wildman–Crippen MR) is 105 cm³/mol. The van der Waals surface area contributed by atoms with Crippen LogP contribution in [0.5, 0.6) is 10.1 Å². The van der Waals surface area contributed by atoms with Crippen molar-refractivity contribution in [3.63, 3.8) is 0 Å². The van der Waals surface area contributed by atoms with Crippen LogP contribution in [-0.4, -0.2) is 10.2 Å². The second kappa shape index (κ2) is 14.5. The Morgan fingerprint density at radius 3 is 1.16 bits per heavy atom. The van der Waals surface area contributed by atoms with Crippen LogP contribution in [0.1, 0.15) is 24.0 Å². The third-order valence-electron chi connectivity index (χ3n) is 3.07. The van der Waals surface area contributed by atoms with Gasteiger partial charge in [0.25, 0.3) is 0 Å². The van der Waals surface area contributed by atoms with Gasteiger partial charge in [0.1, 0.15) is 11.1 Å². The smallest absolute Gasteiger partial charge is 0.499 e. The third-order valence-corrected chi connectivity index (χ3v) is 4.50. The molecule has 0 saturated heterocycles. The van der Waals surface area contributed by atoms with E-state index >= 15 is 0 Å². The zero-order valence-corrected chi connectivity index (χ0v) is 19.8. The van der Waals surface area contributed by atoms with Gasteiger partial charge in [-0.3, -0.25) is 12.2 Å². The molecule has 166 valence electrons. The largest absolute Gasteiger partial charge is 2.00 e. The molecule has 2 aliphatic rings. The van der Waals surface area contributed by atoms with E-state index in [4.69, 9.17) is 10.2 Å². The Bertz CT molecular complexity index is 785. The summed E-state index contributed by atoms with van der Waals surface area (Å²) in [5.41, 5.74) is -1.92. The van der Waals surface area contributed by atoms with Gasteiger partial charge in [0.2, 0.25) is 0 Å². The summed E-state index contributed by atoms with van der Waals surface area (Å²) in [7, 11) is 0. The number of alkyl halides is 6. The van der Waals surface area contributed by atoms with Gasteiger partial charge in [-0.1, -0.05) is 0 Å². The molecule has 0 radical (unpaired) electrons. The van der Waals surface area contributed by atoms with E-state index < -0.39 is 33.6 Å². The molecule has 2 aromatic rings. The maximum absolute atomic E-state index is 11.7. The first kappa shape index (κ1) is 29.4. The third kappa shape index (κ3) is 12.1. The van der Waals surface area contributed by atoms with E-state index in [0.717, 1.165) is 25.0 Å². The summed E-state index contributed by atoms with van der Waals surface area (Å²) in [4.78, 5) is 0. The first-order chi connectivity index (χ1) is 14.0. The van der Waals surface area contributed by atoms with Crippen molar-refractivity contribution in [1.29, 1.82) is 0 Å². The van der Waals surface area contributed by atoms with Crippen LogP contribution in [0.2, 0.25) is 0 Å². The number of allylic oxidation sites excluding steroid dienone is 8. The molecular weight excluding hydrogens is 542 g/mol. The minimum absolute atomic E-state index is 0. The van der Waals surface area contributed by atoms with Gasteiger partial charge in [0.05, 0.1) is 0 Å². The minimum atomic E-state index is -4.43. The molecule has 0 atom stereocenters. The first-order valence-electron chi connectivity index (χ1n) is 8.14. The van der Waals surface area contributed by atoms with Crippen LogP contribution >= 0.6 is 22.7 Å². The SMILES string of the molecule is Oc1sccc1C(F)(F)F.Oc1sccc1C(F)(F)F.[C-]1=CC=CC1.[C-]1=CC=CC1.[Zr+2]. The van der Waals surface area contributed by atoms with Crippen molar-refractivity contribution in [2.24, 2.45) is 0 Å². The molecule has 0 spiro atoms. The Morgan fingerprint density at radius 1 is 0.710 bits per heavy atom. The molecule has 0 bridgehead atoms. The molecule has 0 unspecified atom stereocenters. The van der Waals surface area contributed by atoms with E-state index in [1.807, 2.05) is 24.3 Å². The average molecular weight is 558 g/mol. The van der Waals surface area contributed by atoms with Crippen LogP contribution in [0.3, 0.4) is 0 Å². The van der Waals surface area contributed by atoms with Gasteiger partial charge in [0.15, 0.2) is 10.1 Å². The van der Waals surface area contributed by atoms with Gasteiger partial charge in [-0.25, -0.2) is 24.3 Å². The van der Waals surface area contributed by atoms with E-state index in [1.54, 1.807) is 0 Å². The van der Waals surface area contributed by atoms with Gasteiger partial charge < -0.3 is 10.2 Å². The Hall–Kier alpha value is -1.58. The van der Waals surface area contributed by atoms with Crippen LogP contribution in [0.15, 0.2) is 59.3 Å². The molecule has 4 rings (SSSR count). The monoisotopic (exact) mass is 556 g/mol. The zero-order valence-electron chi connectivity index (χ0n) is 15.7. The minimum Gasteiger partial charge on any atom is -0.499 e. The van der Waals surface area contributed by atoms with Gasteiger partial charge in [-0.2, -0.15) is 38.5 Å². The summed E-state index contributed by atoms with van der Waals surface area (Å²) in [6, 6.07) is 1.69. The first-order valence-corrected chi connectivity index (χ1v) is 9.90. The summed E-state index contributed by atoms with van der Waals surface area (Å²) in [6.07, 6.45) is 11.1. The van der Waals surface area contributed by atoms with Crippen molar-refractivity contribution in [2.45, 2.75) is 25.2 Å². The standard InChI is InChI=1S/2C5H3F3OS.2C5H5.Zr/c2*6-5(7,8)3-1-2-10-4(3)9;2*1-2-4-5-3-1;/h2*1-2,9H;2*1-3H,4H2;/q;;2*-1;+2. The van der Waals surface area contributed by atoms with E-state index in [0.29, 0.717) is 22.7 Å². The number of hydrogen-bond donors (Lipinski definition) is 2. The van der Waals surface area contributed by atoms with Gasteiger partial charge in [0, 0.05) is 0 Å². The second-order valence-electron chi connectivity index (χ2n) is 5.28. The fourth-order valence-electron chi connectivity index (χ4n) is 1.71. The van der Waals surface area contributed by atoms with Gasteiger partial charge >= 0.3 is 38.6 Å². The topological polar surface area (TPSA) is 40.5 Å². The molecule has 0 aromatic carbocycles. The number of rotatable bonds is 0. The van der Waals surface area contributed by atoms with Gasteiger partial charge in [-0.15, -0.1) is 35.5 Å². The molecule has 2 nitrogen and oxygen atoms in total. The van der Waals surface area contributed by atoms with Crippen molar-refractivity contribution in [1.82, 2.24) is 0 Å². The Balaban J connectivity index is 0.000000401. The van der Waals surface area contributed by atoms with Crippen molar-refractivity contribution in [3.05, 3.63) is 82.6 Å². The quantitative estimate of drug-likeness (QED) is 0.259. The molecule has 31 heavy (non-hydrogen) atoms. The summed E-state index contributed by atoms with van der Waals surface area (Å²) < 4.78 is 70.4. The second-order valence-corrected chi connectivity index (χ2v) is 7.07. The fraction of sp³-hybridized carbons (Fsp3) is 0.200. The van der Waals surface area contributed by atoms with Crippen LogP contribution in [-0.2, 0) is 38.6 Å². The fourth-order valence-corrected chi connectivity index (χ4v) is 3.00. The molecule has 0 fully saturated rings. The van der Waals surface area contributed by atoms with Crippen molar-refractivity contribution >= 4 is 22.7 Å². The Labute approximate surface area is 202 Å². The van der Waals surface area contributed by atoms with Crippen molar-refractivity contribution in [2.75, 3.05) is 0 Å². The number of halogens is 6. The Morgan fingerprint density at radius 2 is 1.06 bits per heavy atom. The molecule has 2 heterocycles. The molecular formula is C20H16F6O2S2Zr. The molecule has 0 amide bonds. The molecule has 2 aliphatic carbocycles. The van der Waals surface area contributed by atoms with Crippen LogP contribution < -0.4 is 0 Å². The van der Waals surface area contributed by atoms with Crippen LogP contribution in [0.4, 0.5) is 26.3 Å². The van der Waals surface area contributed by atoms with Crippen molar-refractivity contribution in [3.8, 4) is 10.1 Å². The van der Waals surface area contributed by atoms with E-state index in [2.05, 4.69) is 24.3 Å². The average Bonchev–Trinajstić information content (AvgIpc) is 3.43. The van der Waals surface area contributed by atoms with E-state index in [1.165, 1.54) is 10.8 Å². The van der Waals surface area contributed by atoms with Crippen molar-refractivity contribution < 1.29 is 62.8 Å². The number of thiophene rings is 2. The zero-order chi connectivity index (χ0) is 22.6. The number of hydrogen-bond acceptors (Lipinski definition) is 4. The molecule has 2 aromatic heterocycles. The normalized spacial score (nSPS) is 13.4. The summed E-state index contributed by atoms with van der Waals surface area (Å²) in [6.45, 7) is 0. The van der Waals surface area contributed by atoms with E-state index in [-0.39, 0.29) is 26.2 Å². The maximum atomic E-state index is 11.7.